The fourth-order valence-electron chi connectivity index (χ4n) is 2.53. The summed E-state index contributed by atoms with van der Waals surface area (Å²) in [6.07, 6.45) is 1.74. The van der Waals surface area contributed by atoms with E-state index in [1.54, 1.807) is 6.20 Å². The second-order valence-corrected chi connectivity index (χ2v) is 7.58. The van der Waals surface area contributed by atoms with Gasteiger partial charge in [0.15, 0.2) is 0 Å². The summed E-state index contributed by atoms with van der Waals surface area (Å²) in [6, 6.07) is 0. The molecule has 1 aromatic heterocycles. The van der Waals surface area contributed by atoms with E-state index in [4.69, 9.17) is 0 Å². The van der Waals surface area contributed by atoms with Crippen molar-refractivity contribution in [3.05, 3.63) is 21.0 Å². The Morgan fingerprint density at radius 2 is 1.76 bits per heavy atom. The van der Waals surface area contributed by atoms with Crippen LogP contribution in [0.2, 0.25) is 0 Å². The van der Waals surface area contributed by atoms with Gasteiger partial charge in [-0.05, 0) is 39.6 Å². The van der Waals surface area contributed by atoms with E-state index in [0.717, 1.165) is 12.2 Å². The summed E-state index contributed by atoms with van der Waals surface area (Å²) < 4.78 is 2.09. The highest BCUT2D eigenvalue weighted by atomic mass is 79.9. The molecular formula is C16H28BrN3O. The van der Waals surface area contributed by atoms with E-state index in [1.165, 1.54) is 4.68 Å². The molecule has 0 bridgehead atoms. The molecule has 1 heterocycles. The van der Waals surface area contributed by atoms with Crippen LogP contribution in [-0.4, -0.2) is 16.3 Å². The highest BCUT2D eigenvalue weighted by Gasteiger charge is 2.18. The highest BCUT2D eigenvalue weighted by molar-refractivity contribution is 9.10. The molecule has 21 heavy (non-hydrogen) atoms. The molecule has 1 rings (SSSR count). The number of anilines is 1. The van der Waals surface area contributed by atoms with Crippen molar-refractivity contribution >= 4 is 21.6 Å². The van der Waals surface area contributed by atoms with Crippen LogP contribution >= 0.6 is 15.9 Å². The van der Waals surface area contributed by atoms with Crippen molar-refractivity contribution in [3.63, 3.8) is 0 Å². The molecule has 0 saturated heterocycles. The Bertz CT molecular complexity index is 501. The molecule has 0 spiro atoms. The van der Waals surface area contributed by atoms with Crippen LogP contribution in [0, 0.1) is 23.7 Å². The molecule has 1 N–H and O–H groups in total. The normalized spacial score (nSPS) is 12.0. The minimum atomic E-state index is -0.0701. The molecule has 0 aliphatic rings. The predicted octanol–water partition coefficient (Wildman–Crippen LogP) is 4.00. The van der Waals surface area contributed by atoms with Gasteiger partial charge in [0.2, 0.25) is 0 Å². The van der Waals surface area contributed by atoms with Gasteiger partial charge in [0.1, 0.15) is 4.47 Å². The number of halogens is 1. The summed E-state index contributed by atoms with van der Waals surface area (Å²) in [6.45, 7) is 14.6. The smallest absolute Gasteiger partial charge is 0.283 e. The van der Waals surface area contributed by atoms with Crippen molar-refractivity contribution in [1.29, 1.82) is 0 Å². The molecule has 5 heteroatoms. The molecule has 0 saturated carbocycles. The molecule has 0 radical (unpaired) electrons. The van der Waals surface area contributed by atoms with Gasteiger partial charge in [-0.3, -0.25) is 4.79 Å². The maximum Gasteiger partial charge on any atom is 0.283 e. The Balaban J connectivity index is 2.86. The maximum atomic E-state index is 12.3. The Morgan fingerprint density at radius 1 is 1.19 bits per heavy atom. The third kappa shape index (κ3) is 5.13. The summed E-state index contributed by atoms with van der Waals surface area (Å²) in [5.74, 6) is 2.17. The number of aromatic nitrogens is 2. The lowest BCUT2D eigenvalue weighted by molar-refractivity contribution is 0.304. The highest BCUT2D eigenvalue weighted by Crippen LogP contribution is 2.23. The van der Waals surface area contributed by atoms with Crippen LogP contribution in [0.15, 0.2) is 15.5 Å². The van der Waals surface area contributed by atoms with Crippen molar-refractivity contribution in [1.82, 2.24) is 9.78 Å². The number of hydrogen-bond donors (Lipinski definition) is 1. The van der Waals surface area contributed by atoms with Crippen molar-refractivity contribution in [2.75, 3.05) is 11.9 Å². The molecule has 0 unspecified atom stereocenters. The van der Waals surface area contributed by atoms with Crippen molar-refractivity contribution in [3.8, 4) is 0 Å². The van der Waals surface area contributed by atoms with Crippen molar-refractivity contribution < 1.29 is 0 Å². The van der Waals surface area contributed by atoms with Crippen molar-refractivity contribution in [2.24, 2.45) is 23.7 Å². The first-order valence-electron chi connectivity index (χ1n) is 7.73. The number of hydrogen-bond acceptors (Lipinski definition) is 3. The zero-order chi connectivity index (χ0) is 16.2. The zero-order valence-corrected chi connectivity index (χ0v) is 15.6. The van der Waals surface area contributed by atoms with Crippen LogP contribution in [0.4, 0.5) is 5.69 Å². The summed E-state index contributed by atoms with van der Waals surface area (Å²) >= 11 is 3.41. The van der Waals surface area contributed by atoms with Crippen LogP contribution in [0.1, 0.15) is 41.5 Å². The number of nitrogens with zero attached hydrogens (tertiary/aromatic N) is 2. The second-order valence-electron chi connectivity index (χ2n) is 6.79. The number of nitrogens with one attached hydrogen (secondary N) is 1. The fourth-order valence-corrected chi connectivity index (χ4v) is 2.98. The minimum Gasteiger partial charge on any atom is -0.382 e. The number of rotatable bonds is 7. The molecule has 0 aliphatic carbocycles. The van der Waals surface area contributed by atoms with Gasteiger partial charge in [0.25, 0.3) is 5.56 Å². The van der Waals surface area contributed by atoms with E-state index >= 15 is 0 Å². The van der Waals surface area contributed by atoms with Gasteiger partial charge in [0, 0.05) is 13.1 Å². The quantitative estimate of drug-likeness (QED) is 0.801. The van der Waals surface area contributed by atoms with Gasteiger partial charge in [-0.1, -0.05) is 41.5 Å². The predicted molar refractivity (Wildman–Crippen MR) is 92.7 cm³/mol. The SMILES string of the molecule is CC(C)Cn1ncc(NCC(C(C)C)C(C)C)c(Br)c1=O. The molecule has 0 fully saturated rings. The van der Waals surface area contributed by atoms with Crippen LogP contribution in [0.3, 0.4) is 0 Å². The average Bonchev–Trinajstić information content (AvgIpc) is 2.36. The largest absolute Gasteiger partial charge is 0.382 e. The van der Waals surface area contributed by atoms with Gasteiger partial charge in [-0.15, -0.1) is 0 Å². The monoisotopic (exact) mass is 357 g/mol. The van der Waals surface area contributed by atoms with Gasteiger partial charge in [0.05, 0.1) is 11.9 Å². The Morgan fingerprint density at radius 3 is 2.24 bits per heavy atom. The first-order valence-corrected chi connectivity index (χ1v) is 8.52. The lowest BCUT2D eigenvalue weighted by Crippen LogP contribution is -2.28. The van der Waals surface area contributed by atoms with E-state index < -0.39 is 0 Å². The molecule has 1 aromatic rings. The van der Waals surface area contributed by atoms with Crippen LogP contribution < -0.4 is 10.9 Å². The molecule has 0 atom stereocenters. The minimum absolute atomic E-state index is 0.0701. The Kier molecular flexibility index (Phi) is 6.91. The lowest BCUT2D eigenvalue weighted by Gasteiger charge is -2.25. The molecule has 0 aromatic carbocycles. The fraction of sp³-hybridized carbons (Fsp3) is 0.750. The molecule has 0 amide bonds. The Labute approximate surface area is 136 Å². The van der Waals surface area contributed by atoms with E-state index in [2.05, 4.69) is 67.9 Å². The average molecular weight is 358 g/mol. The molecule has 4 nitrogen and oxygen atoms in total. The van der Waals surface area contributed by atoms with E-state index in [0.29, 0.717) is 34.7 Å². The Hall–Kier alpha value is -0.840. The maximum absolute atomic E-state index is 12.3. The summed E-state index contributed by atoms with van der Waals surface area (Å²) in [5.41, 5.74) is 0.714. The van der Waals surface area contributed by atoms with E-state index in [9.17, 15) is 4.79 Å². The second kappa shape index (κ2) is 7.97. The third-order valence-corrected chi connectivity index (χ3v) is 4.53. The summed E-state index contributed by atoms with van der Waals surface area (Å²) in [4.78, 5) is 12.3. The first-order chi connectivity index (χ1) is 9.73. The summed E-state index contributed by atoms with van der Waals surface area (Å²) in [7, 11) is 0. The molecular weight excluding hydrogens is 330 g/mol. The standard InChI is InChI=1S/C16H28BrN3O/c1-10(2)9-20-16(21)15(17)14(8-19-20)18-7-13(11(3)4)12(5)6/h8,10-13,18H,7,9H2,1-6H3. The van der Waals surface area contributed by atoms with Gasteiger partial charge in [-0.25, -0.2) is 4.68 Å². The first kappa shape index (κ1) is 18.2. The van der Waals surface area contributed by atoms with Crippen molar-refractivity contribution in [2.45, 2.75) is 48.1 Å². The van der Waals surface area contributed by atoms with Crippen LogP contribution in [0.5, 0.6) is 0 Å². The summed E-state index contributed by atoms with van der Waals surface area (Å²) in [5, 5.41) is 7.63. The van der Waals surface area contributed by atoms with E-state index in [-0.39, 0.29) is 5.56 Å². The van der Waals surface area contributed by atoms with Crippen LogP contribution in [0.25, 0.3) is 0 Å². The molecule has 120 valence electrons. The van der Waals surface area contributed by atoms with Gasteiger partial charge in [-0.2, -0.15) is 5.10 Å². The topological polar surface area (TPSA) is 46.9 Å². The van der Waals surface area contributed by atoms with Crippen LogP contribution in [-0.2, 0) is 6.54 Å². The zero-order valence-electron chi connectivity index (χ0n) is 14.0. The molecule has 0 aliphatic heterocycles. The third-order valence-electron chi connectivity index (χ3n) is 3.76. The lowest BCUT2D eigenvalue weighted by atomic mass is 9.85. The van der Waals surface area contributed by atoms with Gasteiger partial charge >= 0.3 is 0 Å². The van der Waals surface area contributed by atoms with E-state index in [1.807, 2.05) is 0 Å². The van der Waals surface area contributed by atoms with Gasteiger partial charge < -0.3 is 5.32 Å².